The SMILES string of the molecule is CC(C)(C)[C]#[W+].CC(C)(C)n1ccn(C(C)(C)C)c1=[N-].OC(C(F)(F)F)(C(F)(F)F)C(F)(F)F.OC(C(F)(F)F)(C(F)(F)F)C(F)(F)F. The molecule has 2 N–H and O–H groups in total. The Balaban J connectivity index is -0.000000583. The van der Waals surface area contributed by atoms with Crippen LogP contribution in [-0.4, -0.2) is 67.6 Å². The van der Waals surface area contributed by atoms with Crippen molar-refractivity contribution in [2.75, 3.05) is 0 Å². The third-order valence-corrected chi connectivity index (χ3v) is 7.21. The van der Waals surface area contributed by atoms with Crippen LogP contribution in [0.4, 0.5) is 79.0 Å². The third-order valence-electron chi connectivity index (χ3n) is 5.01. The average molecular weight is 919 g/mol. The van der Waals surface area contributed by atoms with Crippen LogP contribution in [0.25, 0.3) is 5.41 Å². The van der Waals surface area contributed by atoms with Crippen LogP contribution in [0.15, 0.2) is 12.4 Å². The normalized spacial score (nSPS) is 14.4. The molecule has 0 unspecified atom stereocenters. The van der Waals surface area contributed by atoms with E-state index in [4.69, 9.17) is 10.2 Å². The number of imidazole rings is 1. The molecule has 0 aliphatic rings. The topological polar surface area (TPSA) is 72.6 Å². The Labute approximate surface area is 272 Å². The molecule has 0 radical (unpaired) electrons. The zero-order valence-corrected chi connectivity index (χ0v) is 29.0. The minimum Gasteiger partial charge on any atom is -0.399 e. The maximum absolute atomic E-state index is 11.4. The average Bonchev–Trinajstić information content (AvgIpc) is 3.16. The Morgan fingerprint density at radius 1 is 0.479 bits per heavy atom. The van der Waals surface area contributed by atoms with Gasteiger partial charge < -0.3 is 24.8 Å². The molecule has 286 valence electrons. The summed E-state index contributed by atoms with van der Waals surface area (Å²) < 4.78 is 212. The van der Waals surface area contributed by atoms with Gasteiger partial charge in [-0.25, -0.2) is 0 Å². The van der Waals surface area contributed by atoms with Gasteiger partial charge >= 0.3 is 97.8 Å². The van der Waals surface area contributed by atoms with Crippen LogP contribution in [0.5, 0.6) is 0 Å². The van der Waals surface area contributed by atoms with Gasteiger partial charge in [-0.05, 0) is 23.5 Å². The van der Waals surface area contributed by atoms with Crippen molar-refractivity contribution in [3.63, 3.8) is 0 Å². The summed E-state index contributed by atoms with van der Waals surface area (Å²) in [4.78, 5) is 0. The van der Waals surface area contributed by atoms with Crippen molar-refractivity contribution in [1.82, 2.24) is 9.13 Å². The second-order valence-electron chi connectivity index (χ2n) is 12.4. The molecule has 1 aromatic heterocycles. The Morgan fingerprint density at radius 2 is 0.625 bits per heavy atom. The van der Waals surface area contributed by atoms with Gasteiger partial charge in [0.2, 0.25) is 0 Å². The first-order valence-electron chi connectivity index (χ1n) is 12.3. The van der Waals surface area contributed by atoms with Crippen molar-refractivity contribution in [1.29, 1.82) is 0 Å². The van der Waals surface area contributed by atoms with E-state index in [-0.39, 0.29) is 11.1 Å². The van der Waals surface area contributed by atoms with E-state index in [2.05, 4.69) is 66.5 Å². The predicted molar refractivity (Wildman–Crippen MR) is 128 cm³/mol. The Bertz CT molecular complexity index is 1100. The largest absolute Gasteiger partial charge is 0.435 e. The second-order valence-corrected chi connectivity index (χ2v) is 13.2. The summed E-state index contributed by atoms with van der Waals surface area (Å²) in [6.07, 6.45) is -37.4. The van der Waals surface area contributed by atoms with Gasteiger partial charge in [0, 0.05) is 5.62 Å². The molecule has 0 aromatic carbocycles. The van der Waals surface area contributed by atoms with Crippen molar-refractivity contribution >= 4 is 0 Å². The predicted octanol–water partition coefficient (Wildman–Crippen LogP) is 8.62. The van der Waals surface area contributed by atoms with E-state index in [1.165, 1.54) is 19.2 Å². The Hall–Kier alpha value is -1.86. The number of aliphatic hydroxyl groups is 2. The molecule has 0 amide bonds. The summed E-state index contributed by atoms with van der Waals surface area (Å²) >= 11 is 1.44. The van der Waals surface area contributed by atoms with Crippen molar-refractivity contribution < 1.29 is 108 Å². The maximum Gasteiger partial charge on any atom is 0.435 e. The smallest absolute Gasteiger partial charge is 0.399 e. The van der Waals surface area contributed by atoms with E-state index in [0.29, 0.717) is 11.0 Å². The third kappa shape index (κ3) is 12.8. The molecule has 1 rings (SSSR count). The molecule has 48 heavy (non-hydrogen) atoms. The number of aromatic nitrogens is 2. The Kier molecular flexibility index (Phi) is 16.0. The Morgan fingerprint density at radius 3 is 0.667 bits per heavy atom. The molecule has 1 aromatic rings. The summed E-state index contributed by atoms with van der Waals surface area (Å²) in [5.74, 6) is 0. The summed E-state index contributed by atoms with van der Waals surface area (Å²) in [6.45, 7) is 18.9. The zero-order valence-electron chi connectivity index (χ0n) is 26.1. The van der Waals surface area contributed by atoms with Gasteiger partial charge in [0.05, 0.1) is 0 Å². The van der Waals surface area contributed by atoms with Crippen LogP contribution in [0.2, 0.25) is 0 Å². The van der Waals surface area contributed by atoms with Gasteiger partial charge in [-0.15, -0.1) is 0 Å². The molecule has 24 heteroatoms. The molecule has 0 saturated carbocycles. The van der Waals surface area contributed by atoms with Crippen LogP contribution in [0.3, 0.4) is 0 Å². The molecular formula is C24H31F18N3O2W. The van der Waals surface area contributed by atoms with Gasteiger partial charge in [-0.1, -0.05) is 41.5 Å². The number of nitrogens with zero attached hydrogens (tertiary/aromatic N) is 3. The van der Waals surface area contributed by atoms with Crippen molar-refractivity contribution in [2.45, 2.75) is 122 Å². The molecule has 0 atom stereocenters. The fraction of sp³-hybridized carbons (Fsp3) is 0.833. The monoisotopic (exact) mass is 919 g/mol. The summed E-state index contributed by atoms with van der Waals surface area (Å²) in [6, 6.07) is 0. The van der Waals surface area contributed by atoms with E-state index >= 15 is 0 Å². The molecule has 1 heterocycles. The van der Waals surface area contributed by atoms with Gasteiger partial charge in [0.25, 0.3) is 0 Å². The van der Waals surface area contributed by atoms with Crippen LogP contribution < -0.4 is 5.62 Å². The molecule has 0 saturated heterocycles. The number of alkyl halides is 18. The zero-order chi connectivity index (χ0) is 40.4. The van der Waals surface area contributed by atoms with Crippen molar-refractivity contribution in [3.05, 3.63) is 23.4 Å². The van der Waals surface area contributed by atoms with Gasteiger partial charge in [0.1, 0.15) is 0 Å². The van der Waals surface area contributed by atoms with Gasteiger partial charge in [-0.3, -0.25) is 0 Å². The molecule has 0 aliphatic carbocycles. The van der Waals surface area contributed by atoms with Crippen molar-refractivity contribution in [3.8, 4) is 4.20 Å². The first-order chi connectivity index (χ1) is 20.2. The van der Waals surface area contributed by atoms with E-state index in [0.717, 1.165) is 0 Å². The van der Waals surface area contributed by atoms with Gasteiger partial charge in [-0.2, -0.15) is 79.0 Å². The van der Waals surface area contributed by atoms with E-state index in [9.17, 15) is 84.4 Å². The number of hydrogen-bond acceptors (Lipinski definition) is 2. The van der Waals surface area contributed by atoms with Crippen molar-refractivity contribution in [2.24, 2.45) is 5.41 Å². The van der Waals surface area contributed by atoms with E-state index < -0.39 is 48.3 Å². The van der Waals surface area contributed by atoms with E-state index in [1.54, 1.807) is 0 Å². The molecule has 5 nitrogen and oxygen atoms in total. The van der Waals surface area contributed by atoms with Crippen LogP contribution in [-0.2, 0) is 30.2 Å². The molecular weight excluding hydrogens is 888 g/mol. The number of halogens is 18. The summed E-state index contributed by atoms with van der Waals surface area (Å²) in [5, 5.41) is 25.3. The quantitative estimate of drug-likeness (QED) is 0.256. The molecule has 0 fully saturated rings. The fourth-order valence-corrected chi connectivity index (χ4v) is 2.39. The summed E-state index contributed by atoms with van der Waals surface area (Å²) in [5.41, 5.74) is -12.9. The standard InChI is InChI=1S/C11H20N3.C5H9.2C4HF9O.W/c1-10(2,3)13-7-8-14(9(13)12)11(4,5)6;1-5(2,3)4;2*5-2(6,7)1(14,3(8,9)10)4(11,12)13;/h7-8H,1-6H3;1-3H3;2*14H;/q-1;;;;+1. The van der Waals surface area contributed by atoms with E-state index in [1.807, 2.05) is 21.5 Å². The van der Waals surface area contributed by atoms with Gasteiger partial charge in [0.15, 0.2) is 0 Å². The molecule has 0 bridgehead atoms. The number of rotatable bonds is 0. The van der Waals surface area contributed by atoms with Crippen LogP contribution >= 0.6 is 0 Å². The number of hydrogen-bond donors (Lipinski definition) is 2. The first kappa shape index (κ1) is 50.5. The second kappa shape index (κ2) is 15.2. The minimum atomic E-state index is -6.87. The minimum absolute atomic E-state index is 0.0828. The van der Waals surface area contributed by atoms with Crippen LogP contribution in [0, 0.1) is 9.62 Å². The van der Waals surface area contributed by atoms with Crippen LogP contribution in [0.1, 0.15) is 62.3 Å². The fourth-order valence-electron chi connectivity index (χ4n) is 2.39. The maximum atomic E-state index is 11.4. The first-order valence-corrected chi connectivity index (χ1v) is 13.7. The molecule has 0 aliphatic heterocycles. The summed E-state index contributed by atoms with van der Waals surface area (Å²) in [7, 11) is 0. The molecule has 0 spiro atoms.